The van der Waals surface area contributed by atoms with Gasteiger partial charge in [-0.1, -0.05) is 18.2 Å². The second kappa shape index (κ2) is 7.65. The maximum absolute atomic E-state index is 4.90. The molecule has 0 saturated heterocycles. The van der Waals surface area contributed by atoms with Crippen molar-refractivity contribution >= 4 is 10.9 Å². The van der Waals surface area contributed by atoms with Gasteiger partial charge >= 0.3 is 0 Å². The Balaban J connectivity index is 1.42. The summed E-state index contributed by atoms with van der Waals surface area (Å²) in [7, 11) is 4.29. The van der Waals surface area contributed by atoms with E-state index in [-0.39, 0.29) is 0 Å². The first kappa shape index (κ1) is 18.9. The lowest BCUT2D eigenvalue weighted by atomic mass is 9.80. The third kappa shape index (κ3) is 3.61. The van der Waals surface area contributed by atoms with Gasteiger partial charge in [-0.2, -0.15) is 5.10 Å². The first-order valence-electron chi connectivity index (χ1n) is 10.6. The zero-order chi connectivity index (χ0) is 20.7. The number of fused-ring (bicyclic) bond motifs is 1. The van der Waals surface area contributed by atoms with E-state index >= 15 is 0 Å². The van der Waals surface area contributed by atoms with E-state index in [0.29, 0.717) is 6.04 Å². The van der Waals surface area contributed by atoms with E-state index in [9.17, 15) is 0 Å². The molecule has 0 amide bonds. The minimum Gasteiger partial charge on any atom is -0.309 e. The summed E-state index contributed by atoms with van der Waals surface area (Å²) in [6.07, 6.45) is 6.36. The smallest absolute Gasteiger partial charge is 0.0924 e. The van der Waals surface area contributed by atoms with Gasteiger partial charge < -0.3 is 4.90 Å². The van der Waals surface area contributed by atoms with Crippen molar-refractivity contribution < 1.29 is 0 Å². The van der Waals surface area contributed by atoms with Crippen LogP contribution in [0.3, 0.4) is 0 Å². The molecule has 1 aliphatic rings. The number of benzene rings is 1. The van der Waals surface area contributed by atoms with Crippen LogP contribution >= 0.6 is 0 Å². The molecule has 0 bridgehead atoms. The van der Waals surface area contributed by atoms with Crippen LogP contribution < -0.4 is 0 Å². The van der Waals surface area contributed by atoms with Gasteiger partial charge in [-0.15, -0.1) is 0 Å². The van der Waals surface area contributed by atoms with Gasteiger partial charge in [0.15, 0.2) is 0 Å². The number of rotatable bonds is 5. The quantitative estimate of drug-likeness (QED) is 0.476. The topological polar surface area (TPSA) is 46.8 Å². The van der Waals surface area contributed by atoms with Crippen molar-refractivity contribution in [2.75, 3.05) is 20.6 Å². The van der Waals surface area contributed by atoms with Crippen molar-refractivity contribution in [3.63, 3.8) is 0 Å². The summed E-state index contributed by atoms with van der Waals surface area (Å²) >= 11 is 0. The SMILES string of the molecule is Cc1cc(-c2ccccn2)nc2cc(-c3ccn(C4CC(CN(C)C)C4)n3)ccc12. The molecule has 5 rings (SSSR count). The third-order valence-corrected chi connectivity index (χ3v) is 6.06. The average molecular weight is 398 g/mol. The Morgan fingerprint density at radius 3 is 2.63 bits per heavy atom. The minimum atomic E-state index is 0.528. The summed E-state index contributed by atoms with van der Waals surface area (Å²) in [6, 6.07) is 17.1. The van der Waals surface area contributed by atoms with Gasteiger partial charge in [0.1, 0.15) is 0 Å². The van der Waals surface area contributed by atoms with Crippen LogP contribution in [0.1, 0.15) is 24.4 Å². The van der Waals surface area contributed by atoms with Crippen molar-refractivity contribution in [1.82, 2.24) is 24.6 Å². The first-order valence-corrected chi connectivity index (χ1v) is 10.6. The number of nitrogens with zero attached hydrogens (tertiary/aromatic N) is 5. The highest BCUT2D eigenvalue weighted by Crippen LogP contribution is 2.38. The van der Waals surface area contributed by atoms with Gasteiger partial charge in [-0.05, 0) is 75.7 Å². The fraction of sp³-hybridized carbons (Fsp3) is 0.320. The Kier molecular flexibility index (Phi) is 4.83. The monoisotopic (exact) mass is 397 g/mol. The van der Waals surface area contributed by atoms with E-state index in [4.69, 9.17) is 10.1 Å². The molecular weight excluding hydrogens is 370 g/mol. The van der Waals surface area contributed by atoms with E-state index in [0.717, 1.165) is 34.1 Å². The Labute approximate surface area is 177 Å². The number of hydrogen-bond donors (Lipinski definition) is 0. The second-order valence-electron chi connectivity index (χ2n) is 8.71. The highest BCUT2D eigenvalue weighted by molar-refractivity contribution is 5.88. The molecule has 0 unspecified atom stereocenters. The standard InChI is InChI=1S/C25H27N5/c1-17-12-25(23-6-4-5-10-26-23)27-24-15-19(7-8-21(17)24)22-9-11-30(28-22)20-13-18(14-20)16-29(2)3/h4-12,15,18,20H,13-14,16H2,1-3H3. The molecule has 1 fully saturated rings. The van der Waals surface area contributed by atoms with E-state index in [2.05, 4.69) is 72.1 Å². The molecular formula is C25H27N5. The van der Waals surface area contributed by atoms with Crippen LogP contribution in [0.2, 0.25) is 0 Å². The summed E-state index contributed by atoms with van der Waals surface area (Å²) in [6.45, 7) is 3.30. The fourth-order valence-corrected chi connectivity index (χ4v) is 4.48. The van der Waals surface area contributed by atoms with Gasteiger partial charge in [0.05, 0.1) is 28.6 Å². The van der Waals surface area contributed by atoms with Crippen LogP contribution in [-0.2, 0) is 0 Å². The van der Waals surface area contributed by atoms with Crippen molar-refractivity contribution in [1.29, 1.82) is 0 Å². The molecule has 5 nitrogen and oxygen atoms in total. The minimum absolute atomic E-state index is 0.528. The number of pyridine rings is 2. The predicted molar refractivity (Wildman–Crippen MR) is 121 cm³/mol. The summed E-state index contributed by atoms with van der Waals surface area (Å²) in [5.41, 5.74) is 6.11. The van der Waals surface area contributed by atoms with Gasteiger partial charge in [0.25, 0.3) is 0 Å². The Morgan fingerprint density at radius 2 is 1.87 bits per heavy atom. The molecule has 1 aliphatic carbocycles. The Hall–Kier alpha value is -3.05. The molecule has 0 radical (unpaired) electrons. The lowest BCUT2D eigenvalue weighted by Gasteiger charge is -2.36. The molecule has 3 heterocycles. The lowest BCUT2D eigenvalue weighted by Crippen LogP contribution is -2.34. The third-order valence-electron chi connectivity index (χ3n) is 6.06. The summed E-state index contributed by atoms with van der Waals surface area (Å²) in [5, 5.41) is 6.06. The normalized spacial score (nSPS) is 18.7. The molecule has 0 N–H and O–H groups in total. The Bertz CT molecular complexity index is 1170. The van der Waals surface area contributed by atoms with Crippen LogP contribution in [0.4, 0.5) is 0 Å². The van der Waals surface area contributed by atoms with Crippen molar-refractivity contribution in [2.45, 2.75) is 25.8 Å². The number of aromatic nitrogens is 4. The molecule has 152 valence electrons. The van der Waals surface area contributed by atoms with E-state index in [1.807, 2.05) is 24.4 Å². The van der Waals surface area contributed by atoms with E-state index in [1.165, 1.54) is 30.3 Å². The van der Waals surface area contributed by atoms with E-state index < -0.39 is 0 Å². The van der Waals surface area contributed by atoms with Gasteiger partial charge in [0, 0.05) is 29.9 Å². The predicted octanol–water partition coefficient (Wildman–Crippen LogP) is 4.98. The zero-order valence-electron chi connectivity index (χ0n) is 17.8. The van der Waals surface area contributed by atoms with Crippen LogP contribution in [0.5, 0.6) is 0 Å². The van der Waals surface area contributed by atoms with Crippen LogP contribution in [-0.4, -0.2) is 45.3 Å². The number of aryl methyl sites for hydroxylation is 1. The molecule has 5 heteroatoms. The van der Waals surface area contributed by atoms with Crippen molar-refractivity contribution in [3.8, 4) is 22.6 Å². The molecule has 0 aliphatic heterocycles. The summed E-state index contributed by atoms with van der Waals surface area (Å²) in [5.74, 6) is 0.788. The first-order chi connectivity index (χ1) is 14.6. The van der Waals surface area contributed by atoms with Crippen molar-refractivity contribution in [2.24, 2.45) is 5.92 Å². The molecule has 0 spiro atoms. The highest BCUT2D eigenvalue weighted by atomic mass is 15.3. The average Bonchev–Trinajstić information content (AvgIpc) is 3.20. The molecule has 30 heavy (non-hydrogen) atoms. The number of hydrogen-bond acceptors (Lipinski definition) is 4. The van der Waals surface area contributed by atoms with Crippen LogP contribution in [0.15, 0.2) is 60.9 Å². The molecule has 1 saturated carbocycles. The zero-order valence-corrected chi connectivity index (χ0v) is 17.8. The van der Waals surface area contributed by atoms with Crippen LogP contribution in [0, 0.1) is 12.8 Å². The Morgan fingerprint density at radius 1 is 1.00 bits per heavy atom. The maximum Gasteiger partial charge on any atom is 0.0924 e. The van der Waals surface area contributed by atoms with Gasteiger partial charge in [-0.3, -0.25) is 9.67 Å². The summed E-state index contributed by atoms with van der Waals surface area (Å²) in [4.78, 5) is 11.6. The second-order valence-corrected chi connectivity index (χ2v) is 8.71. The molecule has 0 atom stereocenters. The van der Waals surface area contributed by atoms with Crippen LogP contribution in [0.25, 0.3) is 33.5 Å². The van der Waals surface area contributed by atoms with E-state index in [1.54, 1.807) is 0 Å². The van der Waals surface area contributed by atoms with Gasteiger partial charge in [-0.25, -0.2) is 4.98 Å². The lowest BCUT2D eigenvalue weighted by molar-refractivity contribution is 0.146. The highest BCUT2D eigenvalue weighted by Gasteiger charge is 2.31. The van der Waals surface area contributed by atoms with Crippen molar-refractivity contribution in [3.05, 3.63) is 66.5 Å². The molecule has 4 aromatic rings. The largest absolute Gasteiger partial charge is 0.309 e. The fourth-order valence-electron chi connectivity index (χ4n) is 4.48. The molecule has 3 aromatic heterocycles. The molecule has 1 aromatic carbocycles. The van der Waals surface area contributed by atoms with Gasteiger partial charge in [0.2, 0.25) is 0 Å². The maximum atomic E-state index is 4.90. The summed E-state index contributed by atoms with van der Waals surface area (Å²) < 4.78 is 2.15.